The minimum atomic E-state index is -4.29. The summed E-state index contributed by atoms with van der Waals surface area (Å²) in [7, 11) is -4.29. The Morgan fingerprint density at radius 1 is 1.35 bits per heavy atom. The summed E-state index contributed by atoms with van der Waals surface area (Å²) in [5.41, 5.74) is -0.618. The first-order chi connectivity index (χ1) is 11.9. The van der Waals surface area contributed by atoms with Crippen LogP contribution in [0.5, 0.6) is 0 Å². The van der Waals surface area contributed by atoms with Gasteiger partial charge in [0.1, 0.15) is 18.2 Å². The fraction of sp³-hybridized carbons (Fsp3) is 0.786. The lowest BCUT2D eigenvalue weighted by Gasteiger charge is -2.20. The van der Waals surface area contributed by atoms with E-state index in [0.717, 1.165) is 0 Å². The lowest BCUT2D eigenvalue weighted by molar-refractivity contribution is -0.139. The number of ether oxygens (including phenoxy) is 2. The van der Waals surface area contributed by atoms with Crippen LogP contribution in [0.15, 0.2) is 0 Å². The summed E-state index contributed by atoms with van der Waals surface area (Å²) in [5.74, 6) is -1.36. The van der Waals surface area contributed by atoms with Gasteiger partial charge in [-0.2, -0.15) is 17.4 Å². The number of aliphatic carboxylic acids is 1. The molecule has 0 saturated carbocycles. The Morgan fingerprint density at radius 2 is 2.00 bits per heavy atom. The van der Waals surface area contributed by atoms with Crippen molar-refractivity contribution in [3.05, 3.63) is 0 Å². The van der Waals surface area contributed by atoms with E-state index in [4.69, 9.17) is 9.84 Å². The standard InChI is InChI=1S/C14H25N3O8S/c1-14(2,3)25-12(20)15-7-5-4-6-10(11(18)19)16-26(22,23)17-8-9-24-13(17)21/h10,16H,4-9H2,1-3H3,(H,15,20)(H,18,19). The number of hydrogen-bond donors (Lipinski definition) is 3. The molecule has 0 aromatic heterocycles. The van der Waals surface area contributed by atoms with Crippen LogP contribution < -0.4 is 10.0 Å². The topological polar surface area (TPSA) is 151 Å². The van der Waals surface area contributed by atoms with Gasteiger partial charge in [0, 0.05) is 6.54 Å². The average Bonchev–Trinajstić information content (AvgIpc) is 2.90. The van der Waals surface area contributed by atoms with Crippen LogP contribution in [-0.2, 0) is 24.5 Å². The summed E-state index contributed by atoms with van der Waals surface area (Å²) in [4.78, 5) is 34.0. The third-order valence-electron chi connectivity index (χ3n) is 3.19. The zero-order valence-electron chi connectivity index (χ0n) is 15.0. The van der Waals surface area contributed by atoms with Gasteiger partial charge in [0.25, 0.3) is 0 Å². The van der Waals surface area contributed by atoms with Crippen molar-refractivity contribution in [2.75, 3.05) is 19.7 Å². The molecule has 11 nitrogen and oxygen atoms in total. The largest absolute Gasteiger partial charge is 0.480 e. The number of rotatable bonds is 9. The Bertz CT molecular complexity index is 629. The Morgan fingerprint density at radius 3 is 2.50 bits per heavy atom. The maximum Gasteiger partial charge on any atom is 0.424 e. The average molecular weight is 395 g/mol. The first-order valence-corrected chi connectivity index (χ1v) is 9.53. The number of carboxylic acid groups (broad SMARTS) is 1. The van der Waals surface area contributed by atoms with Crippen molar-refractivity contribution in [2.45, 2.75) is 51.7 Å². The molecular formula is C14H25N3O8S. The molecule has 2 amide bonds. The van der Waals surface area contributed by atoms with Crippen molar-refractivity contribution >= 4 is 28.4 Å². The third kappa shape index (κ3) is 7.44. The molecule has 1 aliphatic rings. The molecule has 0 aliphatic carbocycles. The highest BCUT2D eigenvalue weighted by molar-refractivity contribution is 7.87. The van der Waals surface area contributed by atoms with Gasteiger partial charge in [-0.05, 0) is 40.0 Å². The van der Waals surface area contributed by atoms with Crippen LogP contribution >= 0.6 is 0 Å². The molecule has 0 radical (unpaired) electrons. The summed E-state index contributed by atoms with van der Waals surface area (Å²) in [5, 5.41) is 11.7. The summed E-state index contributed by atoms with van der Waals surface area (Å²) < 4.78 is 36.1. The molecule has 1 aliphatic heterocycles. The van der Waals surface area contributed by atoms with Crippen LogP contribution in [0.2, 0.25) is 0 Å². The van der Waals surface area contributed by atoms with Crippen molar-refractivity contribution in [2.24, 2.45) is 0 Å². The van der Waals surface area contributed by atoms with E-state index in [1.165, 1.54) is 0 Å². The molecule has 150 valence electrons. The van der Waals surface area contributed by atoms with E-state index in [9.17, 15) is 22.8 Å². The fourth-order valence-corrected chi connectivity index (χ4v) is 3.32. The maximum atomic E-state index is 12.0. The highest BCUT2D eigenvalue weighted by Crippen LogP contribution is 2.11. The SMILES string of the molecule is CC(C)(C)OC(=O)NCCCCC(NS(=O)(=O)N1CCOC1=O)C(=O)O. The van der Waals surface area contributed by atoms with E-state index in [1.54, 1.807) is 20.8 Å². The molecule has 26 heavy (non-hydrogen) atoms. The Kier molecular flexibility index (Phi) is 7.63. The number of nitrogens with one attached hydrogen (secondary N) is 2. The van der Waals surface area contributed by atoms with Gasteiger partial charge in [0.2, 0.25) is 0 Å². The second-order valence-corrected chi connectivity index (χ2v) is 8.25. The monoisotopic (exact) mass is 395 g/mol. The summed E-state index contributed by atoms with van der Waals surface area (Å²) in [6.45, 7) is 5.20. The van der Waals surface area contributed by atoms with Crippen LogP contribution in [0.4, 0.5) is 9.59 Å². The second-order valence-electron chi connectivity index (χ2n) is 6.62. The first-order valence-electron chi connectivity index (χ1n) is 8.09. The van der Waals surface area contributed by atoms with Crippen molar-refractivity contribution < 1.29 is 37.4 Å². The highest BCUT2D eigenvalue weighted by Gasteiger charge is 2.36. The minimum absolute atomic E-state index is 0.00650. The van der Waals surface area contributed by atoms with Gasteiger partial charge in [-0.25, -0.2) is 9.59 Å². The van der Waals surface area contributed by atoms with E-state index in [0.29, 0.717) is 17.1 Å². The van der Waals surface area contributed by atoms with Crippen LogP contribution in [0.1, 0.15) is 40.0 Å². The number of carboxylic acids is 1. The quantitative estimate of drug-likeness (QED) is 0.475. The molecule has 12 heteroatoms. The van der Waals surface area contributed by atoms with Crippen molar-refractivity contribution in [1.29, 1.82) is 0 Å². The normalized spacial score (nSPS) is 16.1. The van der Waals surface area contributed by atoms with Crippen molar-refractivity contribution in [1.82, 2.24) is 14.3 Å². The molecule has 1 atom stereocenters. The number of hydrogen-bond acceptors (Lipinski definition) is 7. The molecule has 1 rings (SSSR count). The van der Waals surface area contributed by atoms with Gasteiger partial charge in [0.15, 0.2) is 0 Å². The number of cyclic esters (lactones) is 1. The predicted octanol–water partition coefficient (Wildman–Crippen LogP) is 0.421. The summed E-state index contributed by atoms with van der Waals surface area (Å²) >= 11 is 0. The van der Waals surface area contributed by atoms with Crippen molar-refractivity contribution in [3.63, 3.8) is 0 Å². The number of alkyl carbamates (subject to hydrolysis) is 1. The van der Waals surface area contributed by atoms with E-state index in [2.05, 4.69) is 10.1 Å². The van der Waals surface area contributed by atoms with Crippen LogP contribution in [0, 0.1) is 0 Å². The summed E-state index contributed by atoms with van der Waals surface area (Å²) in [6.07, 6.45) is -0.868. The Labute approximate surface area is 152 Å². The summed E-state index contributed by atoms with van der Waals surface area (Å²) in [6, 6.07) is -1.39. The molecule has 0 bridgehead atoms. The number of unbranched alkanes of at least 4 members (excludes halogenated alkanes) is 1. The van der Waals surface area contributed by atoms with Crippen molar-refractivity contribution in [3.8, 4) is 0 Å². The first kappa shape index (κ1) is 22.0. The number of carbonyl (C=O) groups is 3. The van der Waals surface area contributed by atoms with E-state index in [-0.39, 0.29) is 26.1 Å². The van der Waals surface area contributed by atoms with Gasteiger partial charge >= 0.3 is 28.4 Å². The van der Waals surface area contributed by atoms with E-state index < -0.39 is 40.0 Å². The molecule has 1 unspecified atom stereocenters. The van der Waals surface area contributed by atoms with Gasteiger partial charge in [-0.15, -0.1) is 0 Å². The van der Waals surface area contributed by atoms with Gasteiger partial charge in [-0.1, -0.05) is 0 Å². The predicted molar refractivity (Wildman–Crippen MR) is 89.6 cm³/mol. The Balaban J connectivity index is 2.41. The molecular weight excluding hydrogens is 370 g/mol. The van der Waals surface area contributed by atoms with Gasteiger partial charge in [-0.3, -0.25) is 4.79 Å². The van der Waals surface area contributed by atoms with E-state index in [1.807, 2.05) is 4.72 Å². The molecule has 0 spiro atoms. The molecule has 0 aromatic rings. The molecule has 3 N–H and O–H groups in total. The van der Waals surface area contributed by atoms with Crippen LogP contribution in [-0.4, -0.2) is 67.3 Å². The molecule has 0 aromatic carbocycles. The Hall–Kier alpha value is -2.08. The lowest BCUT2D eigenvalue weighted by atomic mass is 10.1. The molecule has 1 saturated heterocycles. The molecule has 1 heterocycles. The lowest BCUT2D eigenvalue weighted by Crippen LogP contribution is -2.48. The maximum absolute atomic E-state index is 12.0. The second kappa shape index (κ2) is 9.03. The third-order valence-corrected chi connectivity index (χ3v) is 4.69. The highest BCUT2D eigenvalue weighted by atomic mass is 32.2. The minimum Gasteiger partial charge on any atom is -0.480 e. The van der Waals surface area contributed by atoms with Gasteiger partial charge in [0.05, 0.1) is 6.54 Å². The van der Waals surface area contributed by atoms with E-state index >= 15 is 0 Å². The number of nitrogens with zero attached hydrogens (tertiary/aromatic N) is 1. The molecule has 1 fully saturated rings. The van der Waals surface area contributed by atoms with Gasteiger partial charge < -0.3 is 19.9 Å². The van der Waals surface area contributed by atoms with Crippen LogP contribution in [0.25, 0.3) is 0 Å². The fourth-order valence-electron chi connectivity index (χ4n) is 2.05. The zero-order valence-corrected chi connectivity index (χ0v) is 15.8. The zero-order chi connectivity index (χ0) is 20.0. The number of carbonyl (C=O) groups excluding carboxylic acids is 2. The number of amides is 2. The smallest absolute Gasteiger partial charge is 0.424 e. The van der Waals surface area contributed by atoms with Crippen LogP contribution in [0.3, 0.4) is 0 Å².